The number of rotatable bonds is 8. The molecule has 2 rings (SSSR count). The van der Waals surface area contributed by atoms with Crippen LogP contribution in [0, 0.1) is 13.8 Å². The molecule has 1 atom stereocenters. The monoisotopic (exact) mass is 481 g/mol. The number of anilines is 1. The van der Waals surface area contributed by atoms with Gasteiger partial charge in [-0.3, -0.25) is 4.52 Å². The second-order valence-corrected chi connectivity index (χ2v) is 9.08. The van der Waals surface area contributed by atoms with Gasteiger partial charge in [-0.05, 0) is 6.92 Å². The minimum absolute atomic E-state index is 0. The molecule has 0 saturated heterocycles. The van der Waals surface area contributed by atoms with Crippen LogP contribution in [0.2, 0.25) is 0 Å². The first-order valence-corrected chi connectivity index (χ1v) is 11.2. The fraction of sp³-hybridized carbons (Fsp3) is 0.417. The summed E-state index contributed by atoms with van der Waals surface area (Å²) >= 11 is 1.40. The summed E-state index contributed by atoms with van der Waals surface area (Å²) in [5, 5.41) is 0. The molecule has 2 aromatic rings. The number of nitrogens with zero attached hydrogens (tertiary/aromatic N) is 3. The Labute approximate surface area is 169 Å². The Hall–Kier alpha value is -0.711. The number of aryl methyl sites for hydroxylation is 1. The maximum atomic E-state index is 11.4. The second kappa shape index (κ2) is 9.67. The van der Waals surface area contributed by atoms with Gasteiger partial charge in [0.2, 0.25) is 5.51 Å². The van der Waals surface area contributed by atoms with E-state index in [0.717, 1.165) is 16.1 Å². The zero-order valence-electron chi connectivity index (χ0n) is 14.3. The molecule has 0 aliphatic heterocycles. The molecular formula is C12H19FeN4O7P2S+. The van der Waals surface area contributed by atoms with E-state index in [1.54, 1.807) is 13.1 Å². The number of phosphoric acid groups is 2. The van der Waals surface area contributed by atoms with Crippen molar-refractivity contribution in [2.45, 2.75) is 26.8 Å². The summed E-state index contributed by atoms with van der Waals surface area (Å²) in [6, 6.07) is 0. The Morgan fingerprint density at radius 1 is 1.30 bits per heavy atom. The van der Waals surface area contributed by atoms with Crippen molar-refractivity contribution in [3.8, 4) is 0 Å². The van der Waals surface area contributed by atoms with Crippen molar-refractivity contribution < 1.29 is 54.3 Å². The average molecular weight is 481 g/mol. The number of hydrogen-bond acceptors (Lipinski definition) is 8. The molecular weight excluding hydrogens is 462 g/mol. The van der Waals surface area contributed by atoms with E-state index in [4.69, 9.17) is 15.5 Å². The van der Waals surface area contributed by atoms with Crippen molar-refractivity contribution in [3.05, 3.63) is 33.7 Å². The summed E-state index contributed by atoms with van der Waals surface area (Å²) in [4.78, 5) is 35.4. The summed E-state index contributed by atoms with van der Waals surface area (Å²) < 4.78 is 32.2. The van der Waals surface area contributed by atoms with Crippen LogP contribution in [-0.2, 0) is 48.0 Å². The van der Waals surface area contributed by atoms with Crippen molar-refractivity contribution >= 4 is 32.8 Å². The van der Waals surface area contributed by atoms with Crippen LogP contribution < -0.4 is 10.3 Å². The van der Waals surface area contributed by atoms with Gasteiger partial charge in [-0.25, -0.2) is 19.1 Å². The molecule has 2 aromatic heterocycles. The number of nitrogen functional groups attached to an aromatic ring is 1. The van der Waals surface area contributed by atoms with E-state index in [9.17, 15) is 14.0 Å². The zero-order valence-corrected chi connectivity index (χ0v) is 18.0. The van der Waals surface area contributed by atoms with E-state index in [0.29, 0.717) is 18.2 Å². The zero-order chi connectivity index (χ0) is 19.5. The van der Waals surface area contributed by atoms with Crippen LogP contribution in [0.1, 0.15) is 22.0 Å². The van der Waals surface area contributed by atoms with Crippen LogP contribution >= 0.6 is 27.0 Å². The van der Waals surface area contributed by atoms with Gasteiger partial charge in [-0.1, -0.05) is 11.3 Å². The van der Waals surface area contributed by atoms with E-state index in [-0.39, 0.29) is 30.1 Å². The molecule has 27 heavy (non-hydrogen) atoms. The predicted octanol–water partition coefficient (Wildman–Crippen LogP) is 0.839. The van der Waals surface area contributed by atoms with E-state index < -0.39 is 15.6 Å². The fourth-order valence-corrected chi connectivity index (χ4v) is 4.64. The van der Waals surface area contributed by atoms with Gasteiger partial charge in [0.05, 0.1) is 17.0 Å². The summed E-state index contributed by atoms with van der Waals surface area (Å²) in [7, 11) is -9.94. The molecule has 0 aliphatic carbocycles. The molecule has 152 valence electrons. The molecule has 0 spiro atoms. The molecule has 15 heteroatoms. The predicted molar refractivity (Wildman–Crippen MR) is 92.1 cm³/mol. The van der Waals surface area contributed by atoms with Crippen molar-refractivity contribution in [1.82, 2.24) is 9.97 Å². The molecule has 5 N–H and O–H groups in total. The van der Waals surface area contributed by atoms with Crippen LogP contribution in [-0.4, -0.2) is 31.3 Å². The van der Waals surface area contributed by atoms with Gasteiger partial charge in [0.1, 0.15) is 11.6 Å². The number of aromatic nitrogens is 3. The van der Waals surface area contributed by atoms with Gasteiger partial charge in [-0.15, -0.1) is 0 Å². The van der Waals surface area contributed by atoms with Crippen LogP contribution in [0.4, 0.5) is 5.82 Å². The van der Waals surface area contributed by atoms with Gasteiger partial charge < -0.3 is 20.4 Å². The topological polar surface area (TPSA) is 169 Å². The van der Waals surface area contributed by atoms with Crippen molar-refractivity contribution in [2.75, 3.05) is 12.3 Å². The molecule has 11 nitrogen and oxygen atoms in total. The van der Waals surface area contributed by atoms with E-state index in [2.05, 4.69) is 18.8 Å². The summed E-state index contributed by atoms with van der Waals surface area (Å²) in [6.45, 7) is 3.83. The van der Waals surface area contributed by atoms with Crippen molar-refractivity contribution in [1.29, 1.82) is 0 Å². The first kappa shape index (κ1) is 24.3. The maximum Gasteiger partial charge on any atom is 0.481 e. The van der Waals surface area contributed by atoms with Crippen LogP contribution in [0.3, 0.4) is 0 Å². The van der Waals surface area contributed by atoms with E-state index in [1.807, 2.05) is 17.0 Å². The smallest absolute Gasteiger partial charge is 0.383 e. The van der Waals surface area contributed by atoms with Gasteiger partial charge in [0.25, 0.3) is 0 Å². The number of hydrogen-bond donors (Lipinski definition) is 4. The Morgan fingerprint density at radius 2 is 1.96 bits per heavy atom. The van der Waals surface area contributed by atoms with E-state index in [1.165, 1.54) is 11.3 Å². The van der Waals surface area contributed by atoms with Gasteiger partial charge in [0.15, 0.2) is 12.2 Å². The second-order valence-electron chi connectivity index (χ2n) is 5.31. The maximum absolute atomic E-state index is 11.4. The Morgan fingerprint density at radius 3 is 2.56 bits per heavy atom. The Bertz CT molecular complexity index is 891. The number of nitrogens with two attached hydrogens (primary N) is 1. The third-order valence-corrected chi connectivity index (χ3v) is 6.64. The summed E-state index contributed by atoms with van der Waals surface area (Å²) in [5.74, 6) is 0.985. The molecule has 0 aliphatic rings. The summed E-state index contributed by atoms with van der Waals surface area (Å²) in [6.07, 6.45) is 1.92. The molecule has 0 aromatic carbocycles. The van der Waals surface area contributed by atoms with Gasteiger partial charge in [0, 0.05) is 36.6 Å². The first-order chi connectivity index (χ1) is 12.0. The fourth-order valence-electron chi connectivity index (χ4n) is 2.08. The number of thiazole rings is 1. The van der Waals surface area contributed by atoms with E-state index >= 15 is 0 Å². The minimum atomic E-state index is -5.12. The van der Waals surface area contributed by atoms with Crippen LogP contribution in [0.15, 0.2) is 11.7 Å². The minimum Gasteiger partial charge on any atom is -0.383 e. The molecule has 0 fully saturated rings. The Balaban J connectivity index is 0.00000364. The van der Waals surface area contributed by atoms with Crippen molar-refractivity contribution in [3.63, 3.8) is 0 Å². The molecule has 0 amide bonds. The Kier molecular flexibility index (Phi) is 8.71. The third-order valence-electron chi connectivity index (χ3n) is 3.31. The largest absolute Gasteiger partial charge is 0.481 e. The SMILES string of the molecule is Cc1ncc(C[n+]2csc(CCOP(=O)(O)OP(=O)(O)O)c2C)c(N)n1.[Fe]. The molecule has 0 saturated carbocycles. The third kappa shape index (κ3) is 7.67. The number of phosphoric ester groups is 1. The van der Waals surface area contributed by atoms with Gasteiger partial charge >= 0.3 is 15.6 Å². The van der Waals surface area contributed by atoms with Gasteiger partial charge in [-0.2, -0.15) is 8.88 Å². The van der Waals surface area contributed by atoms with Crippen LogP contribution in [0.25, 0.3) is 0 Å². The van der Waals surface area contributed by atoms with Crippen molar-refractivity contribution in [2.24, 2.45) is 0 Å². The standard InChI is InChI=1S/C12H18N4O7P2S.Fe/c1-8-11(3-4-22-25(20,21)23-24(17,18)19)26-7-16(8)6-10-5-14-9(2)15-12(10)13;/h5,7H,3-4,6H2,1-2H3,(H4-,13,14,15,17,18,19,20,21);/p+1. The first-order valence-electron chi connectivity index (χ1n) is 7.25. The average Bonchev–Trinajstić information content (AvgIpc) is 2.80. The molecule has 0 bridgehead atoms. The molecule has 1 unspecified atom stereocenters. The quantitative estimate of drug-likeness (QED) is 0.241. The van der Waals surface area contributed by atoms with Crippen LogP contribution in [0.5, 0.6) is 0 Å². The molecule has 0 radical (unpaired) electrons. The molecule has 2 heterocycles. The summed E-state index contributed by atoms with van der Waals surface area (Å²) in [5.41, 5.74) is 9.40. The normalized spacial score (nSPS) is 13.8.